The number of nitrogens with one attached hydrogen (secondary N) is 1. The van der Waals surface area contributed by atoms with Gasteiger partial charge in [0.15, 0.2) is 0 Å². The maximum absolute atomic E-state index is 4.49. The van der Waals surface area contributed by atoms with Crippen molar-refractivity contribution in [2.45, 2.75) is 38.8 Å². The number of aryl methyl sites for hydroxylation is 1. The van der Waals surface area contributed by atoms with Gasteiger partial charge in [-0.1, -0.05) is 37.3 Å². The third kappa shape index (κ3) is 3.93. The fraction of sp³-hybridized carbons (Fsp3) is 0.438. The minimum absolute atomic E-state index is 0.431. The molecule has 3 nitrogen and oxygen atoms in total. The van der Waals surface area contributed by atoms with E-state index in [1.807, 2.05) is 13.2 Å². The van der Waals surface area contributed by atoms with Crippen molar-refractivity contribution in [1.82, 2.24) is 14.9 Å². The van der Waals surface area contributed by atoms with Crippen molar-refractivity contribution >= 4 is 0 Å². The average molecular weight is 257 g/mol. The molecule has 0 saturated heterocycles. The third-order valence-electron chi connectivity index (χ3n) is 3.43. The van der Waals surface area contributed by atoms with Gasteiger partial charge in [0.1, 0.15) is 5.82 Å². The fourth-order valence-electron chi connectivity index (χ4n) is 2.37. The first-order chi connectivity index (χ1) is 9.33. The number of rotatable bonds is 7. The lowest BCUT2D eigenvalue weighted by molar-refractivity contribution is 0.520. The van der Waals surface area contributed by atoms with E-state index in [0.717, 1.165) is 25.8 Å². The molecule has 0 bridgehead atoms. The highest BCUT2D eigenvalue weighted by Crippen LogP contribution is 2.08. The van der Waals surface area contributed by atoms with Crippen LogP contribution in [0, 0.1) is 0 Å². The van der Waals surface area contributed by atoms with Gasteiger partial charge in [-0.15, -0.1) is 0 Å². The van der Waals surface area contributed by atoms with Crippen LogP contribution in [0.15, 0.2) is 42.7 Å². The predicted octanol–water partition coefficient (Wildman–Crippen LogP) is 2.67. The Morgan fingerprint density at radius 1 is 1.21 bits per heavy atom. The monoisotopic (exact) mass is 257 g/mol. The van der Waals surface area contributed by atoms with Crippen LogP contribution in [0.4, 0.5) is 0 Å². The van der Waals surface area contributed by atoms with Crippen LogP contribution in [0.25, 0.3) is 0 Å². The summed E-state index contributed by atoms with van der Waals surface area (Å²) in [4.78, 5) is 4.49. The van der Waals surface area contributed by atoms with Crippen LogP contribution >= 0.6 is 0 Å². The predicted molar refractivity (Wildman–Crippen MR) is 79.2 cm³/mol. The minimum Gasteiger partial charge on any atom is -0.335 e. The molecule has 102 valence electrons. The van der Waals surface area contributed by atoms with Crippen LogP contribution in [0.5, 0.6) is 0 Å². The van der Waals surface area contributed by atoms with Gasteiger partial charge in [-0.25, -0.2) is 4.98 Å². The average Bonchev–Trinajstić information content (AvgIpc) is 2.87. The molecule has 1 aromatic carbocycles. The van der Waals surface area contributed by atoms with Gasteiger partial charge >= 0.3 is 0 Å². The molecular weight excluding hydrogens is 234 g/mol. The van der Waals surface area contributed by atoms with E-state index in [1.165, 1.54) is 11.4 Å². The molecule has 1 atom stereocenters. The molecule has 0 saturated carbocycles. The number of imidazole rings is 1. The molecule has 0 aliphatic carbocycles. The SMILES string of the molecule is CCCn1ccnc1CC(Cc1ccccc1)NC. The molecular formula is C16H23N3. The smallest absolute Gasteiger partial charge is 0.110 e. The molecule has 0 aliphatic rings. The summed E-state index contributed by atoms with van der Waals surface area (Å²) >= 11 is 0. The molecule has 2 aromatic rings. The van der Waals surface area contributed by atoms with Crippen molar-refractivity contribution < 1.29 is 0 Å². The van der Waals surface area contributed by atoms with Gasteiger partial charge < -0.3 is 9.88 Å². The molecule has 1 aromatic heterocycles. The number of likely N-dealkylation sites (N-methyl/N-ethyl adjacent to an activating group) is 1. The summed E-state index contributed by atoms with van der Waals surface area (Å²) in [5, 5.41) is 3.40. The molecule has 1 unspecified atom stereocenters. The first-order valence-corrected chi connectivity index (χ1v) is 7.04. The van der Waals surface area contributed by atoms with Crippen LogP contribution in [-0.4, -0.2) is 22.6 Å². The number of benzene rings is 1. The zero-order chi connectivity index (χ0) is 13.5. The Morgan fingerprint density at radius 3 is 2.68 bits per heavy atom. The Balaban J connectivity index is 2.00. The summed E-state index contributed by atoms with van der Waals surface area (Å²) in [5.74, 6) is 1.18. The molecule has 3 heteroatoms. The van der Waals surface area contributed by atoms with Crippen molar-refractivity contribution in [3.05, 3.63) is 54.1 Å². The molecule has 1 heterocycles. The normalized spacial score (nSPS) is 12.5. The van der Waals surface area contributed by atoms with E-state index in [-0.39, 0.29) is 0 Å². The molecule has 2 rings (SSSR count). The van der Waals surface area contributed by atoms with E-state index in [0.29, 0.717) is 6.04 Å². The number of nitrogens with zero attached hydrogens (tertiary/aromatic N) is 2. The highest BCUT2D eigenvalue weighted by atomic mass is 15.1. The number of aromatic nitrogens is 2. The van der Waals surface area contributed by atoms with E-state index in [9.17, 15) is 0 Å². The summed E-state index contributed by atoms with van der Waals surface area (Å²) < 4.78 is 2.26. The lowest BCUT2D eigenvalue weighted by Crippen LogP contribution is -2.31. The zero-order valence-electron chi connectivity index (χ0n) is 11.8. The largest absolute Gasteiger partial charge is 0.335 e. The Kier molecular flexibility index (Phi) is 5.16. The highest BCUT2D eigenvalue weighted by Gasteiger charge is 2.11. The van der Waals surface area contributed by atoms with Gasteiger partial charge in [-0.05, 0) is 25.5 Å². The van der Waals surface area contributed by atoms with Crippen molar-refractivity contribution in [3.63, 3.8) is 0 Å². The van der Waals surface area contributed by atoms with Crippen LogP contribution in [0.2, 0.25) is 0 Å². The highest BCUT2D eigenvalue weighted by molar-refractivity contribution is 5.16. The second kappa shape index (κ2) is 7.10. The van der Waals surface area contributed by atoms with Crippen molar-refractivity contribution in [2.24, 2.45) is 0 Å². The standard InChI is InChI=1S/C16H23N3/c1-3-10-19-11-9-18-16(19)13-15(17-2)12-14-7-5-4-6-8-14/h4-9,11,15,17H,3,10,12-13H2,1-2H3. The lowest BCUT2D eigenvalue weighted by Gasteiger charge is -2.17. The third-order valence-corrected chi connectivity index (χ3v) is 3.43. The molecule has 1 N–H and O–H groups in total. The van der Waals surface area contributed by atoms with Crippen molar-refractivity contribution in [2.75, 3.05) is 7.05 Å². The van der Waals surface area contributed by atoms with E-state index in [2.05, 4.69) is 58.3 Å². The van der Waals surface area contributed by atoms with Gasteiger partial charge in [0.25, 0.3) is 0 Å². The van der Waals surface area contributed by atoms with Gasteiger partial charge in [0.2, 0.25) is 0 Å². The fourth-order valence-corrected chi connectivity index (χ4v) is 2.37. The zero-order valence-corrected chi connectivity index (χ0v) is 11.8. The second-order valence-corrected chi connectivity index (χ2v) is 4.92. The Hall–Kier alpha value is -1.61. The first kappa shape index (κ1) is 13.8. The summed E-state index contributed by atoms with van der Waals surface area (Å²) in [6.07, 6.45) is 7.13. The van der Waals surface area contributed by atoms with Crippen molar-refractivity contribution in [1.29, 1.82) is 0 Å². The molecule has 0 spiro atoms. The summed E-state index contributed by atoms with van der Waals surface area (Å²) in [5.41, 5.74) is 1.37. The maximum Gasteiger partial charge on any atom is 0.110 e. The number of hydrogen-bond acceptors (Lipinski definition) is 2. The van der Waals surface area contributed by atoms with Crippen molar-refractivity contribution in [3.8, 4) is 0 Å². The van der Waals surface area contributed by atoms with Gasteiger partial charge in [0.05, 0.1) is 0 Å². The molecule has 0 fully saturated rings. The molecule has 19 heavy (non-hydrogen) atoms. The Bertz CT molecular complexity index is 476. The minimum atomic E-state index is 0.431. The van der Waals surface area contributed by atoms with Gasteiger partial charge in [0, 0.05) is 31.4 Å². The van der Waals surface area contributed by atoms with Crippen LogP contribution < -0.4 is 5.32 Å². The van der Waals surface area contributed by atoms with Crippen LogP contribution in [-0.2, 0) is 19.4 Å². The Morgan fingerprint density at radius 2 is 2.00 bits per heavy atom. The van der Waals surface area contributed by atoms with E-state index in [1.54, 1.807) is 0 Å². The molecule has 0 amide bonds. The Labute approximate surface area is 115 Å². The summed E-state index contributed by atoms with van der Waals surface area (Å²) in [6, 6.07) is 11.1. The molecule has 0 radical (unpaired) electrons. The van der Waals surface area contributed by atoms with Gasteiger partial charge in [-0.3, -0.25) is 0 Å². The van der Waals surface area contributed by atoms with Gasteiger partial charge in [-0.2, -0.15) is 0 Å². The van der Waals surface area contributed by atoms with E-state index < -0.39 is 0 Å². The van der Waals surface area contributed by atoms with E-state index >= 15 is 0 Å². The first-order valence-electron chi connectivity index (χ1n) is 7.04. The lowest BCUT2D eigenvalue weighted by atomic mass is 10.0. The summed E-state index contributed by atoms with van der Waals surface area (Å²) in [6.45, 7) is 3.25. The second-order valence-electron chi connectivity index (χ2n) is 4.92. The molecule has 0 aliphatic heterocycles. The maximum atomic E-state index is 4.49. The summed E-state index contributed by atoms with van der Waals surface area (Å²) in [7, 11) is 2.03. The number of hydrogen-bond donors (Lipinski definition) is 1. The van der Waals surface area contributed by atoms with E-state index in [4.69, 9.17) is 0 Å². The quantitative estimate of drug-likeness (QED) is 0.826. The topological polar surface area (TPSA) is 29.9 Å². The van der Waals surface area contributed by atoms with Crippen LogP contribution in [0.3, 0.4) is 0 Å². The van der Waals surface area contributed by atoms with Crippen LogP contribution in [0.1, 0.15) is 24.7 Å².